The minimum Gasteiger partial charge on any atom is -0.265 e. The first-order chi connectivity index (χ1) is 13.7. The summed E-state index contributed by atoms with van der Waals surface area (Å²) in [6, 6.07) is 0. The van der Waals surface area contributed by atoms with Crippen molar-refractivity contribution in [2.45, 2.75) is 119 Å². The SMILES string of the molecule is CCCCN(CCCC)C(N(CCCC)CCCC)=[N+](CCCC)CCCC. The van der Waals surface area contributed by atoms with Crippen molar-refractivity contribution in [2.24, 2.45) is 0 Å². The van der Waals surface area contributed by atoms with Crippen molar-refractivity contribution < 1.29 is 4.58 Å². The van der Waals surface area contributed by atoms with Crippen LogP contribution in [0.5, 0.6) is 0 Å². The average Bonchev–Trinajstić information content (AvgIpc) is 2.72. The second kappa shape index (κ2) is 19.6. The third kappa shape index (κ3) is 12.0. The first kappa shape index (κ1) is 27.3. The van der Waals surface area contributed by atoms with Gasteiger partial charge in [0.2, 0.25) is 0 Å². The minimum absolute atomic E-state index is 1.22. The molecule has 0 fully saturated rings. The fourth-order valence-corrected chi connectivity index (χ4v) is 3.63. The van der Waals surface area contributed by atoms with E-state index in [-0.39, 0.29) is 0 Å². The molecule has 0 aromatic carbocycles. The van der Waals surface area contributed by atoms with Crippen molar-refractivity contribution in [3.63, 3.8) is 0 Å². The number of nitrogens with zero attached hydrogens (tertiary/aromatic N) is 3. The van der Waals surface area contributed by atoms with E-state index in [4.69, 9.17) is 0 Å². The molecule has 3 heteroatoms. The van der Waals surface area contributed by atoms with Crippen LogP contribution < -0.4 is 0 Å². The van der Waals surface area contributed by atoms with Crippen molar-refractivity contribution >= 4 is 5.96 Å². The van der Waals surface area contributed by atoms with Crippen molar-refractivity contribution in [3.05, 3.63) is 0 Å². The Balaban J connectivity index is 5.97. The molecular weight excluding hydrogens is 342 g/mol. The molecule has 28 heavy (non-hydrogen) atoms. The maximum Gasteiger partial charge on any atom is 0.350 e. The van der Waals surface area contributed by atoms with Gasteiger partial charge in [0.05, 0.1) is 39.3 Å². The number of unbranched alkanes of at least 4 members (excludes halogenated alkanes) is 6. The Morgan fingerprint density at radius 3 is 1.00 bits per heavy atom. The summed E-state index contributed by atoms with van der Waals surface area (Å²) in [5, 5.41) is 0. The Bertz CT molecular complexity index is 317. The van der Waals surface area contributed by atoms with E-state index < -0.39 is 0 Å². The lowest BCUT2D eigenvalue weighted by molar-refractivity contribution is -0.539. The predicted octanol–water partition coefficient (Wildman–Crippen LogP) is 6.76. The van der Waals surface area contributed by atoms with Crippen LogP contribution in [0.1, 0.15) is 119 Å². The molecule has 0 N–H and O–H groups in total. The Hall–Kier alpha value is -0.730. The van der Waals surface area contributed by atoms with Gasteiger partial charge in [0, 0.05) is 0 Å². The number of hydrogen-bond acceptors (Lipinski definition) is 0. The summed E-state index contributed by atoms with van der Waals surface area (Å²) in [6.07, 6.45) is 15.5. The second-order valence-corrected chi connectivity index (χ2v) is 8.38. The third-order valence-corrected chi connectivity index (χ3v) is 5.54. The van der Waals surface area contributed by atoms with Crippen LogP contribution >= 0.6 is 0 Å². The van der Waals surface area contributed by atoms with E-state index in [0.717, 1.165) is 0 Å². The highest BCUT2D eigenvalue weighted by Crippen LogP contribution is 2.10. The summed E-state index contributed by atoms with van der Waals surface area (Å²) >= 11 is 0. The van der Waals surface area contributed by atoms with Gasteiger partial charge in [0.15, 0.2) is 0 Å². The molecule has 0 unspecified atom stereocenters. The molecule has 0 aliphatic rings. The second-order valence-electron chi connectivity index (χ2n) is 8.38. The van der Waals surface area contributed by atoms with E-state index in [9.17, 15) is 0 Å². The van der Waals surface area contributed by atoms with E-state index >= 15 is 0 Å². The molecule has 0 spiro atoms. The molecule has 0 rings (SSSR count). The largest absolute Gasteiger partial charge is 0.350 e. The van der Waals surface area contributed by atoms with Crippen LogP contribution in [-0.2, 0) is 0 Å². The fraction of sp³-hybridized carbons (Fsp3) is 0.960. The molecule has 3 nitrogen and oxygen atoms in total. The normalized spacial score (nSPS) is 10.9. The highest BCUT2D eigenvalue weighted by Gasteiger charge is 2.28. The lowest BCUT2D eigenvalue weighted by Gasteiger charge is -2.31. The Labute approximate surface area is 178 Å². The van der Waals surface area contributed by atoms with Crippen molar-refractivity contribution in [2.75, 3.05) is 39.3 Å². The first-order valence-corrected chi connectivity index (χ1v) is 12.8. The first-order valence-electron chi connectivity index (χ1n) is 12.8. The molecule has 0 aromatic heterocycles. The van der Waals surface area contributed by atoms with Crippen molar-refractivity contribution in [1.82, 2.24) is 9.80 Å². The lowest BCUT2D eigenvalue weighted by atomic mass is 10.2. The molecule has 0 heterocycles. The predicted molar refractivity (Wildman–Crippen MR) is 128 cm³/mol. The fourth-order valence-electron chi connectivity index (χ4n) is 3.63. The van der Waals surface area contributed by atoms with E-state index in [1.165, 1.54) is 116 Å². The average molecular weight is 397 g/mol. The topological polar surface area (TPSA) is 9.49 Å². The van der Waals surface area contributed by atoms with Crippen LogP contribution in [-0.4, -0.2) is 59.6 Å². The molecular formula is C25H54N3+. The van der Waals surface area contributed by atoms with Crippen LogP contribution in [0.25, 0.3) is 0 Å². The molecule has 0 saturated carbocycles. The van der Waals surface area contributed by atoms with Gasteiger partial charge < -0.3 is 0 Å². The highest BCUT2D eigenvalue weighted by atomic mass is 15.4. The van der Waals surface area contributed by atoms with Gasteiger partial charge in [-0.2, -0.15) is 0 Å². The van der Waals surface area contributed by atoms with Gasteiger partial charge in [0.25, 0.3) is 0 Å². The molecule has 168 valence electrons. The van der Waals surface area contributed by atoms with E-state index in [0.29, 0.717) is 0 Å². The van der Waals surface area contributed by atoms with Crippen LogP contribution in [0.3, 0.4) is 0 Å². The molecule has 0 aliphatic heterocycles. The molecule has 0 aromatic rings. The van der Waals surface area contributed by atoms with Gasteiger partial charge in [-0.3, -0.25) is 14.4 Å². The lowest BCUT2D eigenvalue weighted by Crippen LogP contribution is -2.51. The minimum atomic E-state index is 1.22. The van der Waals surface area contributed by atoms with E-state index in [2.05, 4.69) is 55.9 Å². The quantitative estimate of drug-likeness (QED) is 0.144. The standard InChI is InChI=1S/C25H54N3/c1-7-13-19-26(20-14-8-2)25(27(21-15-9-3)22-16-10-4)28(23-17-11-5)24-18-12-6/h7-24H2,1-6H3/q+1. The van der Waals surface area contributed by atoms with Gasteiger partial charge >= 0.3 is 5.96 Å². The maximum absolute atomic E-state index is 2.77. The van der Waals surface area contributed by atoms with Crippen LogP contribution in [0, 0.1) is 0 Å². The maximum atomic E-state index is 2.77. The molecule has 0 saturated heterocycles. The molecule has 0 atom stereocenters. The zero-order valence-corrected chi connectivity index (χ0v) is 20.6. The van der Waals surface area contributed by atoms with Crippen LogP contribution in [0.2, 0.25) is 0 Å². The monoisotopic (exact) mass is 396 g/mol. The molecule has 0 bridgehead atoms. The zero-order chi connectivity index (χ0) is 21.0. The Morgan fingerprint density at radius 1 is 0.464 bits per heavy atom. The zero-order valence-electron chi connectivity index (χ0n) is 20.6. The van der Waals surface area contributed by atoms with Gasteiger partial charge in [-0.15, -0.1) is 0 Å². The summed E-state index contributed by atoms with van der Waals surface area (Å²) < 4.78 is 2.77. The van der Waals surface area contributed by atoms with E-state index in [1.807, 2.05) is 0 Å². The van der Waals surface area contributed by atoms with Gasteiger partial charge in [-0.05, 0) is 38.5 Å². The van der Waals surface area contributed by atoms with Gasteiger partial charge in [-0.25, -0.2) is 0 Å². The smallest absolute Gasteiger partial charge is 0.265 e. The number of guanidine groups is 1. The molecule has 0 aliphatic carbocycles. The summed E-state index contributed by atoms with van der Waals surface area (Å²) in [7, 11) is 0. The van der Waals surface area contributed by atoms with E-state index in [1.54, 1.807) is 5.96 Å². The molecule has 0 radical (unpaired) electrons. The third-order valence-electron chi connectivity index (χ3n) is 5.54. The van der Waals surface area contributed by atoms with Gasteiger partial charge in [-0.1, -0.05) is 80.1 Å². The summed E-state index contributed by atoms with van der Waals surface area (Å²) in [5.74, 6) is 1.57. The Kier molecular flexibility index (Phi) is 19.1. The molecule has 0 amide bonds. The van der Waals surface area contributed by atoms with Crippen LogP contribution in [0.4, 0.5) is 0 Å². The Morgan fingerprint density at radius 2 is 0.750 bits per heavy atom. The van der Waals surface area contributed by atoms with Crippen molar-refractivity contribution in [3.8, 4) is 0 Å². The van der Waals surface area contributed by atoms with Crippen LogP contribution in [0.15, 0.2) is 0 Å². The number of hydrogen-bond donors (Lipinski definition) is 0. The highest BCUT2D eigenvalue weighted by molar-refractivity contribution is 5.75. The van der Waals surface area contributed by atoms with Gasteiger partial charge in [0.1, 0.15) is 0 Å². The summed E-state index contributed by atoms with van der Waals surface area (Å²) in [5.41, 5.74) is 0. The van der Waals surface area contributed by atoms with Crippen molar-refractivity contribution in [1.29, 1.82) is 0 Å². The summed E-state index contributed by atoms with van der Waals surface area (Å²) in [4.78, 5) is 5.54. The number of rotatable bonds is 18. The summed E-state index contributed by atoms with van der Waals surface area (Å²) in [6.45, 7) is 21.3.